The summed E-state index contributed by atoms with van der Waals surface area (Å²) in [5.74, 6) is 1.69. The van der Waals surface area contributed by atoms with Gasteiger partial charge in [-0.25, -0.2) is 0 Å². The van der Waals surface area contributed by atoms with E-state index < -0.39 is 0 Å². The minimum absolute atomic E-state index is 0.182. The maximum atomic E-state index is 12.6. The van der Waals surface area contributed by atoms with E-state index in [-0.39, 0.29) is 5.91 Å². The third kappa shape index (κ3) is 3.99. The number of carbonyl (C=O) groups is 1. The van der Waals surface area contributed by atoms with Crippen LogP contribution < -0.4 is 9.47 Å². The highest BCUT2D eigenvalue weighted by Gasteiger charge is 2.22. The van der Waals surface area contributed by atoms with Crippen LogP contribution in [0, 0.1) is 0 Å². The molecule has 0 N–H and O–H groups in total. The van der Waals surface area contributed by atoms with Crippen molar-refractivity contribution in [2.24, 2.45) is 0 Å². The largest absolute Gasteiger partial charge is 0.486 e. The van der Waals surface area contributed by atoms with Crippen molar-refractivity contribution in [2.45, 2.75) is 13.0 Å². The van der Waals surface area contributed by atoms with Crippen molar-refractivity contribution in [3.63, 3.8) is 0 Å². The van der Waals surface area contributed by atoms with Gasteiger partial charge >= 0.3 is 0 Å². The van der Waals surface area contributed by atoms with Gasteiger partial charge in [0.25, 0.3) is 0 Å². The molecule has 136 valence electrons. The molecule has 1 saturated heterocycles. The fourth-order valence-electron chi connectivity index (χ4n) is 3.48. The first-order valence-corrected chi connectivity index (χ1v) is 9.20. The Balaban J connectivity index is 1.30. The van der Waals surface area contributed by atoms with E-state index in [0.29, 0.717) is 19.6 Å². The Morgan fingerprint density at radius 2 is 1.58 bits per heavy atom. The molecule has 2 aliphatic heterocycles. The summed E-state index contributed by atoms with van der Waals surface area (Å²) in [5, 5.41) is 0. The molecule has 0 radical (unpaired) electrons. The summed E-state index contributed by atoms with van der Waals surface area (Å²) < 4.78 is 11.1. The van der Waals surface area contributed by atoms with Crippen molar-refractivity contribution in [1.82, 2.24) is 9.80 Å². The molecule has 0 atom stereocenters. The van der Waals surface area contributed by atoms with E-state index in [1.54, 1.807) is 0 Å². The highest BCUT2D eigenvalue weighted by Crippen LogP contribution is 2.31. The third-order valence-corrected chi connectivity index (χ3v) is 4.94. The molecule has 0 aromatic heterocycles. The Morgan fingerprint density at radius 3 is 2.35 bits per heavy atom. The minimum Gasteiger partial charge on any atom is -0.486 e. The van der Waals surface area contributed by atoms with Crippen molar-refractivity contribution in [3.05, 3.63) is 59.7 Å². The van der Waals surface area contributed by atoms with Gasteiger partial charge in [0.05, 0.1) is 6.42 Å². The second-order valence-electron chi connectivity index (χ2n) is 6.80. The number of hydrogen-bond acceptors (Lipinski definition) is 4. The van der Waals surface area contributed by atoms with Gasteiger partial charge < -0.3 is 14.4 Å². The van der Waals surface area contributed by atoms with E-state index in [0.717, 1.165) is 49.8 Å². The third-order valence-electron chi connectivity index (χ3n) is 4.94. The monoisotopic (exact) mass is 352 g/mol. The molecule has 26 heavy (non-hydrogen) atoms. The molecule has 5 heteroatoms. The van der Waals surface area contributed by atoms with Gasteiger partial charge in [0, 0.05) is 32.7 Å². The standard InChI is InChI=1S/C21H24N2O3/c24-21(15-18-6-7-19-20(14-18)26-13-12-25-19)23-10-8-22(9-11-23)16-17-4-2-1-3-5-17/h1-7,14H,8-13,15-16H2. The zero-order chi connectivity index (χ0) is 17.8. The number of ether oxygens (including phenoxy) is 2. The molecular weight excluding hydrogens is 328 g/mol. The van der Waals surface area contributed by atoms with Crippen molar-refractivity contribution in [2.75, 3.05) is 39.4 Å². The zero-order valence-corrected chi connectivity index (χ0v) is 14.9. The van der Waals surface area contributed by atoms with Gasteiger partial charge in [-0.05, 0) is 23.3 Å². The van der Waals surface area contributed by atoms with Gasteiger partial charge in [0.1, 0.15) is 13.2 Å². The van der Waals surface area contributed by atoms with E-state index in [4.69, 9.17) is 9.47 Å². The number of nitrogens with zero attached hydrogens (tertiary/aromatic N) is 2. The van der Waals surface area contributed by atoms with Crippen LogP contribution in [-0.2, 0) is 17.8 Å². The van der Waals surface area contributed by atoms with E-state index in [9.17, 15) is 4.79 Å². The summed E-state index contributed by atoms with van der Waals surface area (Å²) >= 11 is 0. The lowest BCUT2D eigenvalue weighted by molar-refractivity contribution is -0.132. The lowest BCUT2D eigenvalue weighted by Gasteiger charge is -2.35. The Labute approximate surface area is 154 Å². The van der Waals surface area contributed by atoms with Crippen LogP contribution in [0.4, 0.5) is 0 Å². The first-order valence-electron chi connectivity index (χ1n) is 9.20. The average Bonchev–Trinajstić information content (AvgIpc) is 2.69. The number of hydrogen-bond donors (Lipinski definition) is 0. The lowest BCUT2D eigenvalue weighted by Crippen LogP contribution is -2.48. The number of rotatable bonds is 4. The Kier molecular flexibility index (Phi) is 5.07. The summed E-state index contributed by atoms with van der Waals surface area (Å²) in [5.41, 5.74) is 2.30. The second kappa shape index (κ2) is 7.79. The van der Waals surface area contributed by atoms with Crippen LogP contribution in [0.2, 0.25) is 0 Å². The minimum atomic E-state index is 0.182. The van der Waals surface area contributed by atoms with E-state index in [1.807, 2.05) is 29.2 Å². The van der Waals surface area contributed by atoms with Crippen molar-refractivity contribution < 1.29 is 14.3 Å². The zero-order valence-electron chi connectivity index (χ0n) is 14.9. The van der Waals surface area contributed by atoms with Crippen LogP contribution >= 0.6 is 0 Å². The second-order valence-corrected chi connectivity index (χ2v) is 6.80. The van der Waals surface area contributed by atoms with E-state index >= 15 is 0 Å². The summed E-state index contributed by atoms with van der Waals surface area (Å²) in [4.78, 5) is 17.0. The number of amides is 1. The fourth-order valence-corrected chi connectivity index (χ4v) is 3.48. The van der Waals surface area contributed by atoms with Crippen molar-refractivity contribution >= 4 is 5.91 Å². The lowest BCUT2D eigenvalue weighted by atomic mass is 10.1. The molecule has 0 bridgehead atoms. The van der Waals surface area contributed by atoms with E-state index in [2.05, 4.69) is 29.2 Å². The molecule has 2 aliphatic rings. The normalized spacial score (nSPS) is 17.2. The Morgan fingerprint density at radius 1 is 0.846 bits per heavy atom. The summed E-state index contributed by atoms with van der Waals surface area (Å²) in [6, 6.07) is 16.3. The Hall–Kier alpha value is -2.53. The Bertz CT molecular complexity index is 755. The van der Waals surface area contributed by atoms with Crippen LogP contribution in [0.1, 0.15) is 11.1 Å². The van der Waals surface area contributed by atoms with Crippen LogP contribution in [0.3, 0.4) is 0 Å². The molecular formula is C21H24N2O3. The number of benzene rings is 2. The number of fused-ring (bicyclic) bond motifs is 1. The molecule has 1 amide bonds. The highest BCUT2D eigenvalue weighted by molar-refractivity contribution is 5.79. The SMILES string of the molecule is O=C(Cc1ccc2c(c1)OCCO2)N1CCN(Cc2ccccc2)CC1. The predicted octanol–water partition coefficient (Wildman–Crippen LogP) is 2.34. The first-order chi connectivity index (χ1) is 12.8. The topological polar surface area (TPSA) is 42.0 Å². The van der Waals surface area contributed by atoms with Gasteiger partial charge in [0.15, 0.2) is 11.5 Å². The quantitative estimate of drug-likeness (QED) is 0.847. The van der Waals surface area contributed by atoms with Crippen molar-refractivity contribution in [3.8, 4) is 11.5 Å². The van der Waals surface area contributed by atoms with Gasteiger partial charge in [-0.2, -0.15) is 0 Å². The highest BCUT2D eigenvalue weighted by atomic mass is 16.6. The van der Waals surface area contributed by atoms with Gasteiger partial charge in [-0.15, -0.1) is 0 Å². The van der Waals surface area contributed by atoms with Crippen LogP contribution in [-0.4, -0.2) is 55.1 Å². The predicted molar refractivity (Wildman–Crippen MR) is 99.4 cm³/mol. The maximum Gasteiger partial charge on any atom is 0.227 e. The van der Waals surface area contributed by atoms with Gasteiger partial charge in [-0.3, -0.25) is 9.69 Å². The molecule has 0 unspecified atom stereocenters. The van der Waals surface area contributed by atoms with Crippen LogP contribution in [0.25, 0.3) is 0 Å². The van der Waals surface area contributed by atoms with Crippen LogP contribution in [0.5, 0.6) is 11.5 Å². The number of piperazine rings is 1. The molecule has 1 fully saturated rings. The smallest absolute Gasteiger partial charge is 0.227 e. The molecule has 2 aromatic rings. The van der Waals surface area contributed by atoms with E-state index in [1.165, 1.54) is 5.56 Å². The maximum absolute atomic E-state index is 12.6. The number of carbonyl (C=O) groups excluding carboxylic acids is 1. The van der Waals surface area contributed by atoms with Crippen molar-refractivity contribution in [1.29, 1.82) is 0 Å². The molecule has 0 aliphatic carbocycles. The molecule has 4 rings (SSSR count). The summed E-state index contributed by atoms with van der Waals surface area (Å²) in [7, 11) is 0. The average molecular weight is 352 g/mol. The molecule has 2 aromatic carbocycles. The molecule has 0 spiro atoms. The molecule has 2 heterocycles. The molecule has 0 saturated carbocycles. The first kappa shape index (κ1) is 16.9. The molecule has 5 nitrogen and oxygen atoms in total. The fraction of sp³-hybridized carbons (Fsp3) is 0.381. The summed E-state index contributed by atoms with van der Waals surface area (Å²) in [6.45, 7) is 5.51. The summed E-state index contributed by atoms with van der Waals surface area (Å²) in [6.07, 6.45) is 0.412. The van der Waals surface area contributed by atoms with Gasteiger partial charge in [-0.1, -0.05) is 36.4 Å². The van der Waals surface area contributed by atoms with Gasteiger partial charge in [0.2, 0.25) is 5.91 Å². The van der Waals surface area contributed by atoms with Crippen LogP contribution in [0.15, 0.2) is 48.5 Å².